The Labute approximate surface area is 107 Å². The Kier molecular flexibility index (Phi) is 2.85. The highest BCUT2D eigenvalue weighted by molar-refractivity contribution is 7.22. The first kappa shape index (κ1) is 11.4. The van der Waals surface area contributed by atoms with Crippen LogP contribution in [0.1, 0.15) is 6.42 Å². The number of aromatic nitrogens is 1. The van der Waals surface area contributed by atoms with E-state index in [1.54, 1.807) is 6.07 Å². The molecule has 0 bridgehead atoms. The first-order chi connectivity index (χ1) is 8.72. The standard InChI is InChI=1S/C11H12N4O2S/c16-15(17)8-1-2-10-9(5-8)14-11(18-10)13-7-3-4-12-6-7/h1-2,5,7,12H,3-4,6H2,(H,13,14)/t7-/m0/s1. The Morgan fingerprint density at radius 1 is 1.56 bits per heavy atom. The maximum atomic E-state index is 10.7. The summed E-state index contributed by atoms with van der Waals surface area (Å²) in [4.78, 5) is 14.7. The predicted molar refractivity (Wildman–Crippen MR) is 71.2 cm³/mol. The predicted octanol–water partition coefficient (Wildman–Crippen LogP) is 1.98. The van der Waals surface area contributed by atoms with Gasteiger partial charge in [0.05, 0.1) is 15.1 Å². The van der Waals surface area contributed by atoms with Crippen molar-refractivity contribution in [3.05, 3.63) is 28.3 Å². The van der Waals surface area contributed by atoms with Crippen molar-refractivity contribution in [3.8, 4) is 0 Å². The normalized spacial score (nSPS) is 19.2. The third-order valence-electron chi connectivity index (χ3n) is 2.97. The number of hydrogen-bond acceptors (Lipinski definition) is 6. The lowest BCUT2D eigenvalue weighted by atomic mass is 10.3. The molecule has 2 aromatic rings. The first-order valence-corrected chi connectivity index (χ1v) is 6.56. The maximum absolute atomic E-state index is 10.7. The molecule has 1 fully saturated rings. The molecule has 0 spiro atoms. The fraction of sp³-hybridized carbons (Fsp3) is 0.364. The largest absolute Gasteiger partial charge is 0.357 e. The van der Waals surface area contributed by atoms with E-state index in [9.17, 15) is 10.1 Å². The Morgan fingerprint density at radius 2 is 2.44 bits per heavy atom. The fourth-order valence-corrected chi connectivity index (χ4v) is 2.97. The van der Waals surface area contributed by atoms with Gasteiger partial charge in [0.2, 0.25) is 0 Å². The summed E-state index contributed by atoms with van der Waals surface area (Å²) in [5.41, 5.74) is 0.768. The third kappa shape index (κ3) is 2.14. The highest BCUT2D eigenvalue weighted by Crippen LogP contribution is 2.29. The van der Waals surface area contributed by atoms with Crippen molar-refractivity contribution in [2.75, 3.05) is 18.4 Å². The molecule has 6 nitrogen and oxygen atoms in total. The average molecular weight is 264 g/mol. The van der Waals surface area contributed by atoms with Crippen molar-refractivity contribution < 1.29 is 4.92 Å². The summed E-state index contributed by atoms with van der Waals surface area (Å²) in [6.45, 7) is 1.96. The van der Waals surface area contributed by atoms with Crippen LogP contribution in [0, 0.1) is 10.1 Å². The molecule has 0 saturated carbocycles. The van der Waals surface area contributed by atoms with Gasteiger partial charge in [0.25, 0.3) is 5.69 Å². The summed E-state index contributed by atoms with van der Waals surface area (Å²) in [6.07, 6.45) is 1.08. The number of nitrogens with one attached hydrogen (secondary N) is 2. The zero-order valence-corrected chi connectivity index (χ0v) is 10.4. The summed E-state index contributed by atoms with van der Waals surface area (Å²) in [5.74, 6) is 0. The van der Waals surface area contributed by atoms with Crippen molar-refractivity contribution >= 4 is 32.4 Å². The molecule has 1 atom stereocenters. The number of rotatable bonds is 3. The minimum absolute atomic E-state index is 0.0851. The zero-order valence-electron chi connectivity index (χ0n) is 9.55. The third-order valence-corrected chi connectivity index (χ3v) is 3.94. The second kappa shape index (κ2) is 4.51. The van der Waals surface area contributed by atoms with Gasteiger partial charge in [-0.15, -0.1) is 0 Å². The molecule has 0 radical (unpaired) electrons. The van der Waals surface area contributed by atoms with E-state index < -0.39 is 4.92 Å². The molecule has 0 amide bonds. The molecule has 94 valence electrons. The lowest BCUT2D eigenvalue weighted by Crippen LogP contribution is -2.21. The number of hydrogen-bond donors (Lipinski definition) is 2. The van der Waals surface area contributed by atoms with E-state index in [4.69, 9.17) is 0 Å². The molecule has 1 aliphatic heterocycles. The highest BCUT2D eigenvalue weighted by atomic mass is 32.1. The van der Waals surface area contributed by atoms with Gasteiger partial charge in [0, 0.05) is 24.7 Å². The lowest BCUT2D eigenvalue weighted by molar-refractivity contribution is -0.384. The molecule has 1 saturated heterocycles. The van der Waals surface area contributed by atoms with E-state index in [-0.39, 0.29) is 5.69 Å². The van der Waals surface area contributed by atoms with Crippen molar-refractivity contribution in [2.45, 2.75) is 12.5 Å². The number of thiazole rings is 1. The highest BCUT2D eigenvalue weighted by Gasteiger charge is 2.16. The Hall–Kier alpha value is -1.73. The van der Waals surface area contributed by atoms with Gasteiger partial charge in [-0.1, -0.05) is 11.3 Å². The van der Waals surface area contributed by atoms with Crippen LogP contribution in [-0.2, 0) is 0 Å². The number of nitro groups is 1. The molecule has 1 aliphatic rings. The summed E-state index contributed by atoms with van der Waals surface area (Å²) in [7, 11) is 0. The topological polar surface area (TPSA) is 80.1 Å². The molecular weight excluding hydrogens is 252 g/mol. The van der Waals surface area contributed by atoms with Gasteiger partial charge in [-0.05, 0) is 19.0 Å². The van der Waals surface area contributed by atoms with Gasteiger partial charge in [0.1, 0.15) is 0 Å². The number of non-ortho nitro benzene ring substituents is 1. The van der Waals surface area contributed by atoms with Crippen LogP contribution < -0.4 is 10.6 Å². The van der Waals surface area contributed by atoms with Crippen LogP contribution in [-0.4, -0.2) is 29.0 Å². The monoisotopic (exact) mass is 264 g/mol. The molecule has 7 heteroatoms. The minimum atomic E-state index is -0.396. The SMILES string of the molecule is O=[N+]([O-])c1ccc2sc(N[C@H]3CCNC3)nc2c1. The van der Waals surface area contributed by atoms with Crippen LogP contribution in [0.15, 0.2) is 18.2 Å². The number of nitro benzene ring substituents is 1. The van der Waals surface area contributed by atoms with E-state index in [2.05, 4.69) is 15.6 Å². The van der Waals surface area contributed by atoms with Gasteiger partial charge < -0.3 is 10.6 Å². The van der Waals surface area contributed by atoms with E-state index in [1.165, 1.54) is 23.5 Å². The minimum Gasteiger partial charge on any atom is -0.357 e. The number of benzene rings is 1. The van der Waals surface area contributed by atoms with Gasteiger partial charge in [-0.25, -0.2) is 4.98 Å². The molecule has 2 N–H and O–H groups in total. The number of nitrogens with zero attached hydrogens (tertiary/aromatic N) is 2. The average Bonchev–Trinajstić information content (AvgIpc) is 2.96. The van der Waals surface area contributed by atoms with E-state index >= 15 is 0 Å². The molecule has 0 unspecified atom stereocenters. The van der Waals surface area contributed by atoms with Crippen molar-refractivity contribution in [1.29, 1.82) is 0 Å². The molecule has 1 aromatic heterocycles. The smallest absolute Gasteiger partial charge is 0.271 e. The van der Waals surface area contributed by atoms with E-state index in [0.29, 0.717) is 11.6 Å². The van der Waals surface area contributed by atoms with Gasteiger partial charge in [0.15, 0.2) is 5.13 Å². The van der Waals surface area contributed by atoms with Crippen LogP contribution >= 0.6 is 11.3 Å². The summed E-state index contributed by atoms with van der Waals surface area (Å²) in [5, 5.41) is 18.1. The number of fused-ring (bicyclic) bond motifs is 1. The molecule has 3 rings (SSSR count). The fourth-order valence-electron chi connectivity index (χ4n) is 2.04. The van der Waals surface area contributed by atoms with Crippen LogP contribution in [0.4, 0.5) is 10.8 Å². The van der Waals surface area contributed by atoms with E-state index in [1.807, 2.05) is 0 Å². The van der Waals surface area contributed by atoms with Crippen LogP contribution in [0.25, 0.3) is 10.2 Å². The Balaban J connectivity index is 1.87. The first-order valence-electron chi connectivity index (χ1n) is 5.74. The van der Waals surface area contributed by atoms with Crippen molar-refractivity contribution in [3.63, 3.8) is 0 Å². The van der Waals surface area contributed by atoms with Crippen LogP contribution in [0.3, 0.4) is 0 Å². The summed E-state index contributed by atoms with van der Waals surface area (Å²) in [6, 6.07) is 5.19. The van der Waals surface area contributed by atoms with Crippen LogP contribution in [0.2, 0.25) is 0 Å². The molecule has 18 heavy (non-hydrogen) atoms. The van der Waals surface area contributed by atoms with Gasteiger partial charge in [-0.2, -0.15) is 0 Å². The molecule has 2 heterocycles. The zero-order chi connectivity index (χ0) is 12.5. The van der Waals surface area contributed by atoms with E-state index in [0.717, 1.165) is 29.3 Å². The van der Waals surface area contributed by atoms with Gasteiger partial charge in [-0.3, -0.25) is 10.1 Å². The van der Waals surface area contributed by atoms with Crippen molar-refractivity contribution in [1.82, 2.24) is 10.3 Å². The second-order valence-electron chi connectivity index (χ2n) is 4.26. The van der Waals surface area contributed by atoms with Gasteiger partial charge >= 0.3 is 0 Å². The molecule has 0 aliphatic carbocycles. The second-order valence-corrected chi connectivity index (χ2v) is 5.29. The summed E-state index contributed by atoms with van der Waals surface area (Å²) < 4.78 is 0.967. The molecular formula is C11H12N4O2S. The van der Waals surface area contributed by atoms with Crippen molar-refractivity contribution in [2.24, 2.45) is 0 Å². The number of anilines is 1. The van der Waals surface area contributed by atoms with Crippen LogP contribution in [0.5, 0.6) is 0 Å². The molecule has 1 aromatic carbocycles. The summed E-state index contributed by atoms with van der Waals surface area (Å²) >= 11 is 1.53. The lowest BCUT2D eigenvalue weighted by Gasteiger charge is -2.08. The Bertz CT molecular complexity index is 592. The maximum Gasteiger partial charge on any atom is 0.271 e. The quantitative estimate of drug-likeness (QED) is 0.654. The Morgan fingerprint density at radius 3 is 3.17 bits per heavy atom.